The van der Waals surface area contributed by atoms with Crippen LogP contribution in [0.5, 0.6) is 0 Å². The average molecular weight is 1050 g/mol. The third-order valence-electron chi connectivity index (χ3n) is 18.0. The largest absolute Gasteiger partial charge is 0.310 e. The van der Waals surface area contributed by atoms with E-state index in [9.17, 15) is 0 Å². The average Bonchev–Trinajstić information content (AvgIpc) is 1.81. The molecule has 0 saturated heterocycles. The highest BCUT2D eigenvalue weighted by Crippen LogP contribution is 2.65. The highest BCUT2D eigenvalue weighted by molar-refractivity contribution is 6.05. The van der Waals surface area contributed by atoms with E-state index in [1.807, 2.05) is 0 Å². The second kappa shape index (κ2) is 18.7. The molecule has 82 heavy (non-hydrogen) atoms. The third-order valence-corrected chi connectivity index (χ3v) is 18.0. The first-order valence-corrected chi connectivity index (χ1v) is 28.6. The summed E-state index contributed by atoms with van der Waals surface area (Å²) in [4.78, 5) is 4.92. The Morgan fingerprint density at radius 1 is 0.232 bits per heavy atom. The smallest absolute Gasteiger partial charge is 0.0732 e. The Balaban J connectivity index is 0.946. The second-order valence-electron chi connectivity index (χ2n) is 22.8. The van der Waals surface area contributed by atoms with Crippen LogP contribution >= 0.6 is 0 Å². The number of nitrogens with zero attached hydrogens (tertiary/aromatic N) is 2. The van der Waals surface area contributed by atoms with Crippen molar-refractivity contribution in [3.05, 3.63) is 337 Å². The number of fused-ring (bicyclic) bond motifs is 15. The molecule has 2 nitrogen and oxygen atoms in total. The van der Waals surface area contributed by atoms with Gasteiger partial charge in [-0.15, -0.1) is 0 Å². The van der Waals surface area contributed by atoms with Gasteiger partial charge in [0.2, 0.25) is 0 Å². The molecule has 0 fully saturated rings. The Morgan fingerprint density at radius 2 is 0.683 bits per heavy atom. The first-order valence-electron chi connectivity index (χ1n) is 28.6. The summed E-state index contributed by atoms with van der Waals surface area (Å²) in [6.45, 7) is 4.75. The fraction of sp³-hybridized carbons (Fsp3) is 0.0500. The van der Waals surface area contributed by atoms with E-state index in [0.29, 0.717) is 0 Å². The summed E-state index contributed by atoms with van der Waals surface area (Å²) in [6.07, 6.45) is 0. The van der Waals surface area contributed by atoms with E-state index < -0.39 is 5.41 Å². The minimum absolute atomic E-state index is 0.168. The molecule has 13 aromatic rings. The molecule has 0 bridgehead atoms. The standard InChI is InChI=1S/C80H56N2/c1-79(2)73-33-19-17-31-67(73)69-43-38-58(50-76(69)79)59-47-64(81(60-26-11-5-12-27-60)62-40-35-55(36-41-62)53-21-7-3-8-22-53)51-65(48-59)82(61-28-13-6-14-29-61)63-42-45-70-68-32-18-20-34-74(68)80(77(70)52-63)75-46-39-57(54-23-9-4-10-24-54)49-72(75)71-44-37-56-25-15-16-30-66(56)78(71)80/h3-52H,1-2H3. The number of para-hydroxylation sites is 2. The van der Waals surface area contributed by atoms with Gasteiger partial charge in [0.25, 0.3) is 0 Å². The molecule has 1 unspecified atom stereocenters. The highest BCUT2D eigenvalue weighted by atomic mass is 15.2. The summed E-state index contributed by atoms with van der Waals surface area (Å²) >= 11 is 0. The van der Waals surface area contributed by atoms with Gasteiger partial charge in [0.05, 0.1) is 5.41 Å². The Labute approximate surface area is 480 Å². The molecular formula is C80H56N2. The third kappa shape index (κ3) is 7.28. The van der Waals surface area contributed by atoms with Gasteiger partial charge in [-0.3, -0.25) is 0 Å². The lowest BCUT2D eigenvalue weighted by Crippen LogP contribution is -2.26. The van der Waals surface area contributed by atoms with Crippen LogP contribution in [0.4, 0.5) is 34.1 Å². The van der Waals surface area contributed by atoms with Gasteiger partial charge in [0.15, 0.2) is 0 Å². The first kappa shape index (κ1) is 47.7. The summed E-state index contributed by atoms with van der Waals surface area (Å²) < 4.78 is 0. The van der Waals surface area contributed by atoms with Crippen molar-refractivity contribution in [2.75, 3.05) is 9.80 Å². The molecule has 386 valence electrons. The van der Waals surface area contributed by atoms with Crippen molar-refractivity contribution in [2.45, 2.75) is 24.7 Å². The van der Waals surface area contributed by atoms with Crippen molar-refractivity contribution < 1.29 is 0 Å². The highest BCUT2D eigenvalue weighted by Gasteiger charge is 2.53. The summed E-state index contributed by atoms with van der Waals surface area (Å²) in [7, 11) is 0. The van der Waals surface area contributed by atoms with Gasteiger partial charge in [-0.05, 0) is 190 Å². The van der Waals surface area contributed by atoms with Gasteiger partial charge in [0.1, 0.15) is 0 Å². The van der Waals surface area contributed by atoms with Crippen LogP contribution in [0, 0.1) is 0 Å². The molecule has 2 heteroatoms. The molecule has 0 aromatic heterocycles. The lowest BCUT2D eigenvalue weighted by atomic mass is 9.69. The minimum Gasteiger partial charge on any atom is -0.310 e. The Kier molecular flexibility index (Phi) is 10.9. The molecule has 0 radical (unpaired) electrons. The van der Waals surface area contributed by atoms with Crippen LogP contribution in [0.15, 0.2) is 303 Å². The van der Waals surface area contributed by atoms with Crippen LogP contribution in [-0.2, 0) is 10.8 Å². The van der Waals surface area contributed by atoms with E-state index in [4.69, 9.17) is 0 Å². The Morgan fingerprint density at radius 3 is 1.38 bits per heavy atom. The predicted octanol–water partition coefficient (Wildman–Crippen LogP) is 21.4. The molecule has 0 heterocycles. The van der Waals surface area contributed by atoms with E-state index in [0.717, 1.165) is 39.7 Å². The van der Waals surface area contributed by atoms with Crippen LogP contribution in [0.25, 0.3) is 77.5 Å². The van der Waals surface area contributed by atoms with Crippen LogP contribution in [0.1, 0.15) is 47.2 Å². The lowest BCUT2D eigenvalue weighted by molar-refractivity contribution is 0.660. The van der Waals surface area contributed by atoms with Gasteiger partial charge >= 0.3 is 0 Å². The topological polar surface area (TPSA) is 6.48 Å². The van der Waals surface area contributed by atoms with E-state index >= 15 is 0 Å². The molecule has 3 aliphatic rings. The first-order chi connectivity index (χ1) is 40.4. The predicted molar refractivity (Wildman–Crippen MR) is 343 cm³/mol. The van der Waals surface area contributed by atoms with Crippen molar-refractivity contribution in [3.63, 3.8) is 0 Å². The Bertz CT molecular complexity index is 4640. The van der Waals surface area contributed by atoms with Crippen LogP contribution < -0.4 is 9.80 Å². The second-order valence-corrected chi connectivity index (χ2v) is 22.8. The van der Waals surface area contributed by atoms with Crippen LogP contribution in [0.2, 0.25) is 0 Å². The zero-order chi connectivity index (χ0) is 54.5. The van der Waals surface area contributed by atoms with E-state index in [2.05, 4.69) is 327 Å². The molecule has 13 aromatic carbocycles. The van der Waals surface area contributed by atoms with Gasteiger partial charge in [0, 0.05) is 39.5 Å². The Hall–Kier alpha value is -10.3. The molecule has 0 aliphatic heterocycles. The van der Waals surface area contributed by atoms with Crippen LogP contribution in [0.3, 0.4) is 0 Å². The van der Waals surface area contributed by atoms with Crippen molar-refractivity contribution in [3.8, 4) is 66.8 Å². The minimum atomic E-state index is -0.608. The number of anilines is 6. The van der Waals surface area contributed by atoms with Crippen molar-refractivity contribution in [2.24, 2.45) is 0 Å². The zero-order valence-electron chi connectivity index (χ0n) is 45.8. The van der Waals surface area contributed by atoms with Gasteiger partial charge in [-0.25, -0.2) is 0 Å². The number of hydrogen-bond donors (Lipinski definition) is 0. The van der Waals surface area contributed by atoms with Crippen molar-refractivity contribution in [1.29, 1.82) is 0 Å². The zero-order valence-corrected chi connectivity index (χ0v) is 45.8. The quantitative estimate of drug-likeness (QED) is 0.142. The summed E-state index contributed by atoms with van der Waals surface area (Å²) in [5.41, 5.74) is 28.5. The van der Waals surface area contributed by atoms with Crippen LogP contribution in [-0.4, -0.2) is 0 Å². The molecule has 0 amide bonds. The van der Waals surface area contributed by atoms with Gasteiger partial charge < -0.3 is 9.80 Å². The summed E-state index contributed by atoms with van der Waals surface area (Å²) in [5.74, 6) is 0. The summed E-state index contributed by atoms with van der Waals surface area (Å²) in [5, 5.41) is 2.52. The molecule has 1 spiro atoms. The molecule has 3 aliphatic carbocycles. The number of benzene rings is 13. The number of hydrogen-bond acceptors (Lipinski definition) is 2. The maximum atomic E-state index is 2.53. The molecule has 16 rings (SSSR count). The SMILES string of the molecule is CC1(C)c2ccccc2-c2ccc(-c3cc(N(c4ccccc4)c4ccc(-c5ccccc5)cc4)cc(N(c4ccccc4)c4ccc5c(c4)C4(c6ccccc6-5)c5ccc(-c6ccccc6)cc5-c5ccc6ccccc6c54)c3)cc21. The number of rotatable bonds is 9. The summed E-state index contributed by atoms with van der Waals surface area (Å²) in [6, 6.07) is 113. The van der Waals surface area contributed by atoms with Gasteiger partial charge in [-0.1, -0.05) is 238 Å². The molecular weight excluding hydrogens is 989 g/mol. The van der Waals surface area contributed by atoms with E-state index in [1.54, 1.807) is 0 Å². The maximum absolute atomic E-state index is 2.53. The fourth-order valence-corrected chi connectivity index (χ4v) is 14.3. The van der Waals surface area contributed by atoms with Crippen molar-refractivity contribution >= 4 is 44.9 Å². The van der Waals surface area contributed by atoms with Crippen molar-refractivity contribution in [1.82, 2.24) is 0 Å². The van der Waals surface area contributed by atoms with Gasteiger partial charge in [-0.2, -0.15) is 0 Å². The maximum Gasteiger partial charge on any atom is 0.0732 e. The monoisotopic (exact) mass is 1040 g/mol. The molecule has 0 saturated carbocycles. The normalized spacial score (nSPS) is 14.6. The fourth-order valence-electron chi connectivity index (χ4n) is 14.3. The molecule has 1 atom stereocenters. The van der Waals surface area contributed by atoms with E-state index in [-0.39, 0.29) is 5.41 Å². The lowest BCUT2D eigenvalue weighted by Gasteiger charge is -2.33. The van der Waals surface area contributed by atoms with E-state index in [1.165, 1.54) is 105 Å². The molecule has 0 N–H and O–H groups in total.